The summed E-state index contributed by atoms with van der Waals surface area (Å²) in [6.07, 6.45) is 1.67. The number of pyridine rings is 1. The molecule has 0 unspecified atom stereocenters. The van der Waals surface area contributed by atoms with Crippen LogP contribution in [0.1, 0.15) is 5.69 Å². The zero-order valence-electron chi connectivity index (χ0n) is 12.2. The zero-order chi connectivity index (χ0) is 16.4. The van der Waals surface area contributed by atoms with E-state index in [-0.39, 0.29) is 5.69 Å². The van der Waals surface area contributed by atoms with Crippen molar-refractivity contribution in [1.82, 2.24) is 9.97 Å². The Morgan fingerprint density at radius 3 is 2.83 bits per heavy atom. The van der Waals surface area contributed by atoms with Crippen molar-refractivity contribution in [3.63, 3.8) is 0 Å². The molecule has 0 aliphatic rings. The number of nitrogen functional groups attached to an aromatic ring is 1. The lowest BCUT2D eigenvalue weighted by atomic mass is 10.2. The van der Waals surface area contributed by atoms with Gasteiger partial charge in [0.2, 0.25) is 0 Å². The number of nitro groups is 1. The van der Waals surface area contributed by atoms with Crippen molar-refractivity contribution in [3.8, 4) is 10.4 Å². The van der Waals surface area contributed by atoms with Gasteiger partial charge in [-0.3, -0.25) is 10.1 Å². The first kappa shape index (κ1) is 14.9. The Balaban J connectivity index is 1.90. The van der Waals surface area contributed by atoms with E-state index in [1.807, 2.05) is 19.1 Å². The predicted octanol–water partition coefficient (Wildman–Crippen LogP) is 3.75. The molecule has 0 aliphatic heterocycles. The number of rotatable bonds is 4. The second-order valence-corrected chi connectivity index (χ2v) is 5.86. The highest BCUT2D eigenvalue weighted by Crippen LogP contribution is 2.32. The fourth-order valence-electron chi connectivity index (χ4n) is 2.17. The predicted molar refractivity (Wildman–Crippen MR) is 90.9 cm³/mol. The van der Waals surface area contributed by atoms with Crippen molar-refractivity contribution < 1.29 is 4.92 Å². The van der Waals surface area contributed by atoms with Crippen LogP contribution >= 0.6 is 11.3 Å². The van der Waals surface area contributed by atoms with Crippen LogP contribution in [0.2, 0.25) is 0 Å². The largest absolute Gasteiger partial charge is 0.375 e. The van der Waals surface area contributed by atoms with Gasteiger partial charge in [-0.1, -0.05) is 17.4 Å². The number of nitrogens with one attached hydrogen (secondary N) is 1. The highest BCUT2D eigenvalue weighted by molar-refractivity contribution is 7.18. The number of benzene rings is 1. The fraction of sp³-hybridized carbons (Fsp3) is 0.0667. The number of aryl methyl sites for hydroxylation is 1. The summed E-state index contributed by atoms with van der Waals surface area (Å²) in [5.74, 6) is 0.592. The second-order valence-electron chi connectivity index (χ2n) is 4.83. The summed E-state index contributed by atoms with van der Waals surface area (Å²) in [6.45, 7) is 1.90. The highest BCUT2D eigenvalue weighted by atomic mass is 32.1. The van der Waals surface area contributed by atoms with Gasteiger partial charge < -0.3 is 11.1 Å². The maximum atomic E-state index is 10.8. The molecule has 0 spiro atoms. The summed E-state index contributed by atoms with van der Waals surface area (Å²) >= 11 is 1.41. The number of nitrogens with zero attached hydrogens (tertiary/aromatic N) is 3. The first-order valence-electron chi connectivity index (χ1n) is 6.74. The normalized spacial score (nSPS) is 10.5. The molecule has 116 valence electrons. The fourth-order valence-corrected chi connectivity index (χ4v) is 3.00. The first-order valence-corrected chi connectivity index (χ1v) is 7.55. The van der Waals surface area contributed by atoms with Crippen molar-refractivity contribution >= 4 is 33.7 Å². The van der Waals surface area contributed by atoms with E-state index in [0.717, 1.165) is 16.1 Å². The Labute approximate surface area is 136 Å². The van der Waals surface area contributed by atoms with Crippen molar-refractivity contribution in [2.45, 2.75) is 6.92 Å². The van der Waals surface area contributed by atoms with Gasteiger partial charge in [-0.25, -0.2) is 9.97 Å². The molecule has 1 aromatic carbocycles. The van der Waals surface area contributed by atoms with E-state index in [4.69, 9.17) is 5.73 Å². The number of hydrogen-bond donors (Lipinski definition) is 2. The summed E-state index contributed by atoms with van der Waals surface area (Å²) in [5.41, 5.74) is 8.17. The standard InChI is InChI=1S/C15H13N5O2S/c1-9-14(23-15(16)18-9)10-5-6-17-13(7-10)19-11-3-2-4-12(8-11)20(21)22/h2-8H,1H3,(H2,16,18)(H,17,19). The van der Waals surface area contributed by atoms with Gasteiger partial charge in [-0.05, 0) is 30.7 Å². The quantitative estimate of drug-likeness (QED) is 0.558. The topological polar surface area (TPSA) is 107 Å². The van der Waals surface area contributed by atoms with Gasteiger partial charge in [0.1, 0.15) is 5.82 Å². The smallest absolute Gasteiger partial charge is 0.271 e. The van der Waals surface area contributed by atoms with Crippen LogP contribution in [-0.4, -0.2) is 14.9 Å². The van der Waals surface area contributed by atoms with E-state index >= 15 is 0 Å². The van der Waals surface area contributed by atoms with E-state index in [1.54, 1.807) is 18.3 Å². The number of nitro benzene ring substituents is 1. The number of hydrogen-bond acceptors (Lipinski definition) is 7. The van der Waals surface area contributed by atoms with Crippen molar-refractivity contribution in [2.24, 2.45) is 0 Å². The van der Waals surface area contributed by atoms with E-state index in [2.05, 4.69) is 15.3 Å². The number of non-ortho nitro benzene ring substituents is 1. The minimum absolute atomic E-state index is 0.0252. The number of thiazole rings is 1. The van der Waals surface area contributed by atoms with Gasteiger partial charge in [0.05, 0.1) is 15.5 Å². The second kappa shape index (κ2) is 6.01. The molecule has 2 heterocycles. The molecular weight excluding hydrogens is 314 g/mol. The lowest BCUT2D eigenvalue weighted by Gasteiger charge is -2.07. The summed E-state index contributed by atoms with van der Waals surface area (Å²) in [4.78, 5) is 19.8. The summed E-state index contributed by atoms with van der Waals surface area (Å²) in [7, 11) is 0. The van der Waals surface area contributed by atoms with Gasteiger partial charge in [0.15, 0.2) is 5.13 Å². The minimum atomic E-state index is -0.432. The third-order valence-electron chi connectivity index (χ3n) is 3.16. The van der Waals surface area contributed by atoms with Crippen molar-refractivity contribution in [2.75, 3.05) is 11.1 Å². The SMILES string of the molecule is Cc1nc(N)sc1-c1ccnc(Nc2cccc([N+](=O)[O-])c2)c1. The molecule has 0 fully saturated rings. The van der Waals surface area contributed by atoms with Crippen LogP contribution in [0, 0.1) is 17.0 Å². The lowest BCUT2D eigenvalue weighted by molar-refractivity contribution is -0.384. The van der Waals surface area contributed by atoms with Crippen LogP contribution in [0.5, 0.6) is 0 Å². The van der Waals surface area contributed by atoms with Crippen LogP contribution in [0.4, 0.5) is 22.3 Å². The first-order chi connectivity index (χ1) is 11.0. The number of nitrogens with two attached hydrogens (primary N) is 1. The third-order valence-corrected chi connectivity index (χ3v) is 4.20. The molecule has 3 aromatic rings. The maximum absolute atomic E-state index is 10.8. The molecule has 0 saturated heterocycles. The monoisotopic (exact) mass is 327 g/mol. The minimum Gasteiger partial charge on any atom is -0.375 e. The summed E-state index contributed by atoms with van der Waals surface area (Å²) < 4.78 is 0. The molecule has 0 atom stereocenters. The van der Waals surface area contributed by atoms with Crippen LogP contribution in [0.25, 0.3) is 10.4 Å². The van der Waals surface area contributed by atoms with Gasteiger partial charge in [0, 0.05) is 24.0 Å². The lowest BCUT2D eigenvalue weighted by Crippen LogP contribution is -1.95. The molecule has 3 rings (SSSR count). The Bertz CT molecular complexity index is 878. The molecule has 0 aliphatic carbocycles. The average Bonchev–Trinajstić information content (AvgIpc) is 2.86. The Hall–Kier alpha value is -3.00. The molecule has 0 bridgehead atoms. The van der Waals surface area contributed by atoms with Gasteiger partial charge >= 0.3 is 0 Å². The summed E-state index contributed by atoms with van der Waals surface area (Å²) in [6, 6.07) is 10.0. The van der Waals surface area contributed by atoms with Gasteiger partial charge in [-0.2, -0.15) is 0 Å². The Morgan fingerprint density at radius 1 is 1.30 bits per heavy atom. The molecule has 0 saturated carbocycles. The average molecular weight is 327 g/mol. The van der Waals surface area contributed by atoms with Crippen molar-refractivity contribution in [3.05, 3.63) is 58.4 Å². The molecule has 3 N–H and O–H groups in total. The molecule has 0 radical (unpaired) electrons. The molecule has 23 heavy (non-hydrogen) atoms. The molecule has 7 nitrogen and oxygen atoms in total. The van der Waals surface area contributed by atoms with Crippen LogP contribution < -0.4 is 11.1 Å². The van der Waals surface area contributed by atoms with E-state index < -0.39 is 4.92 Å². The van der Waals surface area contributed by atoms with Crippen LogP contribution in [-0.2, 0) is 0 Å². The van der Waals surface area contributed by atoms with Crippen LogP contribution in [0.15, 0.2) is 42.6 Å². The molecule has 2 aromatic heterocycles. The number of aromatic nitrogens is 2. The third kappa shape index (κ3) is 3.27. The van der Waals surface area contributed by atoms with E-state index in [1.165, 1.54) is 23.5 Å². The van der Waals surface area contributed by atoms with E-state index in [0.29, 0.717) is 16.6 Å². The van der Waals surface area contributed by atoms with Gasteiger partial charge in [0.25, 0.3) is 5.69 Å². The number of anilines is 3. The van der Waals surface area contributed by atoms with E-state index in [9.17, 15) is 10.1 Å². The van der Waals surface area contributed by atoms with Gasteiger partial charge in [-0.15, -0.1) is 0 Å². The summed E-state index contributed by atoms with van der Waals surface area (Å²) in [5, 5.41) is 14.4. The Morgan fingerprint density at radius 2 is 2.13 bits per heavy atom. The Kier molecular flexibility index (Phi) is 3.90. The van der Waals surface area contributed by atoms with Crippen LogP contribution in [0.3, 0.4) is 0 Å². The highest BCUT2D eigenvalue weighted by Gasteiger charge is 2.10. The molecule has 8 heteroatoms. The molecular formula is C15H13N5O2S. The maximum Gasteiger partial charge on any atom is 0.271 e. The zero-order valence-corrected chi connectivity index (χ0v) is 13.0. The van der Waals surface area contributed by atoms with Crippen molar-refractivity contribution in [1.29, 1.82) is 0 Å². The molecule has 0 amide bonds.